The van der Waals surface area contributed by atoms with Crippen LogP contribution in [0.2, 0.25) is 0 Å². The van der Waals surface area contributed by atoms with Crippen LogP contribution in [0.25, 0.3) is 16.6 Å². The summed E-state index contributed by atoms with van der Waals surface area (Å²) in [7, 11) is 0. The van der Waals surface area contributed by atoms with Crippen LogP contribution in [0, 0.1) is 10.1 Å². The second kappa shape index (κ2) is 9.88. The standard InChI is InChI=1S/C23H17N5O4S/c29-21(26-24-14-16-8-4-7-13-20(16)28(31)32)15-33-23-25-19-12-6-5-11-18(19)22(30)27(23)17-9-2-1-3-10-17/h1-14H,15H2,(H,26,29)/b24-14+. The van der Waals surface area contributed by atoms with E-state index in [4.69, 9.17) is 0 Å². The number of aromatic nitrogens is 2. The number of nitro groups is 1. The average Bonchev–Trinajstić information content (AvgIpc) is 2.83. The number of hydrazone groups is 1. The number of benzene rings is 3. The summed E-state index contributed by atoms with van der Waals surface area (Å²) in [6.45, 7) is 0. The minimum atomic E-state index is -0.521. The minimum absolute atomic E-state index is 0.0637. The molecule has 0 saturated carbocycles. The van der Waals surface area contributed by atoms with Crippen LogP contribution in [-0.2, 0) is 4.79 Å². The third-order valence-corrected chi connectivity index (χ3v) is 5.56. The number of carbonyl (C=O) groups is 1. The normalized spacial score (nSPS) is 11.0. The summed E-state index contributed by atoms with van der Waals surface area (Å²) in [6, 6.07) is 22.1. The summed E-state index contributed by atoms with van der Waals surface area (Å²) in [5.41, 5.74) is 3.44. The fraction of sp³-hybridized carbons (Fsp3) is 0.0435. The maximum Gasteiger partial charge on any atom is 0.278 e. The number of nitrogens with zero attached hydrogens (tertiary/aromatic N) is 4. The predicted octanol–water partition coefficient (Wildman–Crippen LogP) is 3.54. The van der Waals surface area contributed by atoms with E-state index in [-0.39, 0.29) is 22.6 Å². The van der Waals surface area contributed by atoms with Gasteiger partial charge >= 0.3 is 0 Å². The van der Waals surface area contributed by atoms with E-state index in [0.717, 1.165) is 11.8 Å². The Morgan fingerprint density at radius 1 is 1.06 bits per heavy atom. The maximum absolute atomic E-state index is 13.1. The molecule has 1 aromatic heterocycles. The molecule has 9 nitrogen and oxygen atoms in total. The first-order chi connectivity index (χ1) is 16.0. The first-order valence-electron chi connectivity index (χ1n) is 9.80. The van der Waals surface area contributed by atoms with Crippen molar-refractivity contribution in [2.45, 2.75) is 5.16 Å². The molecule has 0 radical (unpaired) electrons. The molecule has 4 aromatic rings. The number of hydrogen-bond donors (Lipinski definition) is 1. The van der Waals surface area contributed by atoms with Gasteiger partial charge in [-0.1, -0.05) is 54.2 Å². The van der Waals surface area contributed by atoms with E-state index in [2.05, 4.69) is 15.5 Å². The molecule has 0 unspecified atom stereocenters. The van der Waals surface area contributed by atoms with Crippen LogP contribution in [0.15, 0.2) is 93.9 Å². The lowest BCUT2D eigenvalue weighted by Crippen LogP contribution is -2.24. The highest BCUT2D eigenvalue weighted by molar-refractivity contribution is 7.99. The summed E-state index contributed by atoms with van der Waals surface area (Å²) in [5.74, 6) is -0.511. The number of thioether (sulfide) groups is 1. The lowest BCUT2D eigenvalue weighted by Gasteiger charge is -2.12. The van der Waals surface area contributed by atoms with E-state index in [1.807, 2.05) is 18.2 Å². The lowest BCUT2D eigenvalue weighted by molar-refractivity contribution is -0.385. The number of para-hydroxylation sites is 3. The number of amides is 1. The number of hydrogen-bond acceptors (Lipinski definition) is 7. The minimum Gasteiger partial charge on any atom is -0.272 e. The van der Waals surface area contributed by atoms with Gasteiger partial charge in [0, 0.05) is 6.07 Å². The number of rotatable bonds is 7. The molecular formula is C23H17N5O4S. The Morgan fingerprint density at radius 2 is 1.76 bits per heavy atom. The summed E-state index contributed by atoms with van der Waals surface area (Å²) in [6.07, 6.45) is 1.22. The highest BCUT2D eigenvalue weighted by Gasteiger charge is 2.15. The van der Waals surface area contributed by atoms with Crippen molar-refractivity contribution in [2.75, 3.05) is 5.75 Å². The highest BCUT2D eigenvalue weighted by atomic mass is 32.2. The van der Waals surface area contributed by atoms with Crippen molar-refractivity contribution in [1.29, 1.82) is 0 Å². The van der Waals surface area contributed by atoms with Crippen LogP contribution in [-0.4, -0.2) is 32.3 Å². The largest absolute Gasteiger partial charge is 0.278 e. The van der Waals surface area contributed by atoms with Gasteiger partial charge in [-0.15, -0.1) is 0 Å². The monoisotopic (exact) mass is 459 g/mol. The Hall–Kier alpha value is -4.31. The fourth-order valence-electron chi connectivity index (χ4n) is 3.11. The van der Waals surface area contributed by atoms with Crippen molar-refractivity contribution in [2.24, 2.45) is 5.10 Å². The molecular weight excluding hydrogens is 442 g/mol. The molecule has 0 atom stereocenters. The van der Waals surface area contributed by atoms with E-state index in [9.17, 15) is 19.7 Å². The molecule has 10 heteroatoms. The molecule has 4 rings (SSSR count). The van der Waals surface area contributed by atoms with Gasteiger partial charge in [-0.25, -0.2) is 10.4 Å². The Morgan fingerprint density at radius 3 is 2.55 bits per heavy atom. The SMILES string of the molecule is O=C(CSc1nc2ccccc2c(=O)n1-c1ccccc1)N/N=C/c1ccccc1[N+](=O)[O-]. The van der Waals surface area contributed by atoms with Crippen LogP contribution in [0.3, 0.4) is 0 Å². The predicted molar refractivity (Wildman–Crippen MR) is 127 cm³/mol. The average molecular weight is 459 g/mol. The number of nitro benzene ring substituents is 1. The van der Waals surface area contributed by atoms with E-state index >= 15 is 0 Å². The van der Waals surface area contributed by atoms with Gasteiger partial charge in [-0.2, -0.15) is 5.10 Å². The topological polar surface area (TPSA) is 119 Å². The van der Waals surface area contributed by atoms with Gasteiger partial charge in [0.2, 0.25) is 0 Å². The van der Waals surface area contributed by atoms with E-state index in [1.165, 1.54) is 22.9 Å². The molecule has 0 bridgehead atoms. The summed E-state index contributed by atoms with van der Waals surface area (Å²) in [5, 5.41) is 15.7. The summed E-state index contributed by atoms with van der Waals surface area (Å²) < 4.78 is 1.47. The number of fused-ring (bicyclic) bond motifs is 1. The van der Waals surface area contributed by atoms with Crippen molar-refractivity contribution in [1.82, 2.24) is 15.0 Å². The molecule has 1 amide bonds. The fourth-order valence-corrected chi connectivity index (χ4v) is 3.92. The molecule has 0 spiro atoms. The highest BCUT2D eigenvalue weighted by Crippen LogP contribution is 2.21. The summed E-state index contributed by atoms with van der Waals surface area (Å²) >= 11 is 1.09. The van der Waals surface area contributed by atoms with Crippen molar-refractivity contribution < 1.29 is 9.72 Å². The van der Waals surface area contributed by atoms with E-state index in [0.29, 0.717) is 21.7 Å². The van der Waals surface area contributed by atoms with Crippen molar-refractivity contribution in [3.63, 3.8) is 0 Å². The first kappa shape index (κ1) is 21.9. The van der Waals surface area contributed by atoms with Gasteiger partial charge in [0.15, 0.2) is 5.16 Å². The second-order valence-electron chi connectivity index (χ2n) is 6.79. The van der Waals surface area contributed by atoms with Crippen molar-refractivity contribution >= 4 is 40.5 Å². The molecule has 1 N–H and O–H groups in total. The molecule has 0 aliphatic heterocycles. The Balaban J connectivity index is 1.54. The van der Waals surface area contributed by atoms with Gasteiger partial charge in [0.25, 0.3) is 17.2 Å². The maximum atomic E-state index is 13.1. The van der Waals surface area contributed by atoms with E-state index in [1.54, 1.807) is 48.5 Å². The van der Waals surface area contributed by atoms with Crippen molar-refractivity contribution in [3.05, 3.63) is 105 Å². The summed E-state index contributed by atoms with van der Waals surface area (Å²) in [4.78, 5) is 40.6. The number of carbonyl (C=O) groups excluding carboxylic acids is 1. The molecule has 0 aliphatic carbocycles. The molecule has 0 aliphatic rings. The van der Waals surface area contributed by atoms with Gasteiger partial charge < -0.3 is 0 Å². The second-order valence-corrected chi connectivity index (χ2v) is 7.73. The molecule has 0 fully saturated rings. The van der Waals surface area contributed by atoms with Crippen LogP contribution in [0.1, 0.15) is 5.56 Å². The molecule has 3 aromatic carbocycles. The number of nitrogens with one attached hydrogen (secondary N) is 1. The van der Waals surface area contributed by atoms with Gasteiger partial charge in [0.05, 0.1) is 39.0 Å². The van der Waals surface area contributed by atoms with Gasteiger partial charge in [0.1, 0.15) is 0 Å². The molecule has 33 heavy (non-hydrogen) atoms. The van der Waals surface area contributed by atoms with E-state index < -0.39 is 10.8 Å². The van der Waals surface area contributed by atoms with Crippen LogP contribution < -0.4 is 11.0 Å². The Labute approximate surface area is 191 Å². The van der Waals surface area contributed by atoms with Crippen LogP contribution >= 0.6 is 11.8 Å². The third-order valence-electron chi connectivity index (χ3n) is 4.62. The quantitative estimate of drug-likeness (QED) is 0.148. The van der Waals surface area contributed by atoms with Gasteiger partial charge in [-0.3, -0.25) is 24.3 Å². The Kier molecular flexibility index (Phi) is 6.56. The zero-order chi connectivity index (χ0) is 23.2. The smallest absolute Gasteiger partial charge is 0.272 e. The van der Waals surface area contributed by atoms with Gasteiger partial charge in [-0.05, 0) is 30.3 Å². The van der Waals surface area contributed by atoms with Crippen LogP contribution in [0.5, 0.6) is 0 Å². The lowest BCUT2D eigenvalue weighted by atomic mass is 10.2. The zero-order valence-corrected chi connectivity index (χ0v) is 17.9. The molecule has 0 saturated heterocycles. The molecule has 1 heterocycles. The first-order valence-corrected chi connectivity index (χ1v) is 10.8. The third kappa shape index (κ3) is 4.96. The molecule has 164 valence electrons. The Bertz CT molecular complexity index is 1420. The van der Waals surface area contributed by atoms with Crippen molar-refractivity contribution in [3.8, 4) is 5.69 Å². The van der Waals surface area contributed by atoms with Crippen LogP contribution in [0.4, 0.5) is 5.69 Å². The zero-order valence-electron chi connectivity index (χ0n) is 17.1.